The van der Waals surface area contributed by atoms with Crippen molar-refractivity contribution in [1.82, 2.24) is 10.3 Å². The van der Waals surface area contributed by atoms with Crippen LogP contribution in [0.4, 0.5) is 5.69 Å². The molecule has 2 aromatic carbocycles. The molecule has 0 saturated carbocycles. The minimum absolute atomic E-state index is 0.498. The largest absolute Gasteiger partial charge is 0.497 e. The predicted octanol–water partition coefficient (Wildman–Crippen LogP) is 5.22. The van der Waals surface area contributed by atoms with Gasteiger partial charge < -0.3 is 20.4 Å². The monoisotopic (exact) mass is 381 g/mol. The summed E-state index contributed by atoms with van der Waals surface area (Å²) in [4.78, 5) is 3.31. The quantitative estimate of drug-likeness (QED) is 0.491. The van der Waals surface area contributed by atoms with E-state index in [4.69, 9.17) is 17.0 Å². The second-order valence-corrected chi connectivity index (χ2v) is 7.16. The van der Waals surface area contributed by atoms with E-state index in [1.807, 2.05) is 18.2 Å². The summed E-state index contributed by atoms with van der Waals surface area (Å²) in [6.45, 7) is 5.21. The fourth-order valence-corrected chi connectivity index (χ4v) is 3.44. The molecular formula is C22H27N3OS. The molecule has 3 rings (SSSR count). The molecule has 0 saturated heterocycles. The highest BCUT2D eigenvalue weighted by atomic mass is 32.1. The molecule has 27 heavy (non-hydrogen) atoms. The van der Waals surface area contributed by atoms with E-state index in [-0.39, 0.29) is 0 Å². The van der Waals surface area contributed by atoms with Gasteiger partial charge in [0.25, 0.3) is 0 Å². The van der Waals surface area contributed by atoms with Gasteiger partial charge in [-0.25, -0.2) is 0 Å². The second kappa shape index (κ2) is 8.91. The topological polar surface area (TPSA) is 49.1 Å². The average Bonchev–Trinajstić information content (AvgIpc) is 3.10. The van der Waals surface area contributed by atoms with Crippen LogP contribution in [0.1, 0.15) is 37.3 Å². The average molecular weight is 382 g/mol. The van der Waals surface area contributed by atoms with E-state index in [0.29, 0.717) is 11.0 Å². The summed E-state index contributed by atoms with van der Waals surface area (Å²) in [6, 6.07) is 14.4. The number of hydrogen-bond donors (Lipinski definition) is 3. The zero-order valence-corrected chi connectivity index (χ0v) is 17.0. The molecule has 0 aliphatic heterocycles. The lowest BCUT2D eigenvalue weighted by Crippen LogP contribution is -2.30. The number of H-pyrrole nitrogens is 1. The first-order chi connectivity index (χ1) is 13.1. The van der Waals surface area contributed by atoms with Crippen molar-refractivity contribution in [3.8, 4) is 5.75 Å². The SMILES string of the molecule is CCC(C)c1ccccc1NC(=S)NCCc1c[nH]c2ccc(OC)cc12. The van der Waals surface area contributed by atoms with Crippen LogP contribution in [-0.2, 0) is 6.42 Å². The number of aromatic amines is 1. The summed E-state index contributed by atoms with van der Waals surface area (Å²) in [7, 11) is 1.69. The number of methoxy groups -OCH3 is 1. The molecular weight excluding hydrogens is 354 g/mol. The van der Waals surface area contributed by atoms with Crippen molar-refractivity contribution in [1.29, 1.82) is 0 Å². The van der Waals surface area contributed by atoms with E-state index in [2.05, 4.69) is 59.9 Å². The maximum Gasteiger partial charge on any atom is 0.170 e. The van der Waals surface area contributed by atoms with Crippen molar-refractivity contribution in [3.63, 3.8) is 0 Å². The fourth-order valence-electron chi connectivity index (χ4n) is 3.23. The molecule has 0 radical (unpaired) electrons. The Morgan fingerprint density at radius 3 is 2.81 bits per heavy atom. The summed E-state index contributed by atoms with van der Waals surface area (Å²) in [5.74, 6) is 1.37. The van der Waals surface area contributed by atoms with E-state index in [9.17, 15) is 0 Å². The molecule has 0 fully saturated rings. The molecule has 1 aromatic heterocycles. The number of fused-ring (bicyclic) bond motifs is 1. The molecule has 0 amide bonds. The van der Waals surface area contributed by atoms with Crippen LogP contribution in [0.2, 0.25) is 0 Å². The van der Waals surface area contributed by atoms with Gasteiger partial charge >= 0.3 is 0 Å². The Hall–Kier alpha value is -2.53. The normalized spacial score (nSPS) is 12.0. The van der Waals surface area contributed by atoms with Gasteiger partial charge in [-0.2, -0.15) is 0 Å². The Kier molecular flexibility index (Phi) is 6.35. The predicted molar refractivity (Wildman–Crippen MR) is 118 cm³/mol. The van der Waals surface area contributed by atoms with Gasteiger partial charge in [-0.05, 0) is 66.4 Å². The lowest BCUT2D eigenvalue weighted by atomic mass is 9.97. The Morgan fingerprint density at radius 2 is 2.04 bits per heavy atom. The third-order valence-corrected chi connectivity index (χ3v) is 5.25. The Labute approximate surface area is 166 Å². The Morgan fingerprint density at radius 1 is 1.22 bits per heavy atom. The van der Waals surface area contributed by atoms with Crippen molar-refractivity contribution >= 4 is 33.9 Å². The van der Waals surface area contributed by atoms with Crippen molar-refractivity contribution in [2.45, 2.75) is 32.6 Å². The van der Waals surface area contributed by atoms with Crippen LogP contribution < -0.4 is 15.4 Å². The first kappa shape index (κ1) is 19.2. The molecule has 4 nitrogen and oxygen atoms in total. The summed E-state index contributed by atoms with van der Waals surface area (Å²) >= 11 is 5.50. The third kappa shape index (κ3) is 4.61. The summed E-state index contributed by atoms with van der Waals surface area (Å²) in [5.41, 5.74) is 4.75. The fraction of sp³-hybridized carbons (Fsp3) is 0.318. The lowest BCUT2D eigenvalue weighted by Gasteiger charge is -2.17. The number of rotatable bonds is 7. The van der Waals surface area contributed by atoms with Crippen LogP contribution in [0, 0.1) is 0 Å². The molecule has 0 aliphatic carbocycles. The number of ether oxygens (including phenoxy) is 1. The Bertz CT molecular complexity index is 919. The molecule has 3 aromatic rings. The second-order valence-electron chi connectivity index (χ2n) is 6.75. The smallest absolute Gasteiger partial charge is 0.170 e. The zero-order chi connectivity index (χ0) is 19.2. The molecule has 3 N–H and O–H groups in total. The third-order valence-electron chi connectivity index (χ3n) is 5.01. The summed E-state index contributed by atoms with van der Waals surface area (Å²) in [6.07, 6.45) is 4.03. The number of nitrogens with one attached hydrogen (secondary N) is 3. The number of para-hydroxylation sites is 1. The molecule has 0 bridgehead atoms. The van der Waals surface area contributed by atoms with Crippen LogP contribution in [0.3, 0.4) is 0 Å². The van der Waals surface area contributed by atoms with Crippen molar-refractivity contribution in [2.24, 2.45) is 0 Å². The van der Waals surface area contributed by atoms with Gasteiger partial charge in [0, 0.05) is 29.3 Å². The van der Waals surface area contributed by atoms with Gasteiger partial charge in [-0.15, -0.1) is 0 Å². The van der Waals surface area contributed by atoms with E-state index < -0.39 is 0 Å². The van der Waals surface area contributed by atoms with Crippen LogP contribution in [0.25, 0.3) is 10.9 Å². The van der Waals surface area contributed by atoms with Gasteiger partial charge in [0.15, 0.2) is 5.11 Å². The molecule has 0 spiro atoms. The highest BCUT2D eigenvalue weighted by Gasteiger charge is 2.10. The molecule has 1 atom stereocenters. The van der Waals surface area contributed by atoms with Crippen LogP contribution >= 0.6 is 12.2 Å². The number of anilines is 1. The molecule has 0 aliphatic rings. The van der Waals surface area contributed by atoms with Crippen molar-refractivity contribution in [3.05, 3.63) is 59.8 Å². The number of hydrogen-bond acceptors (Lipinski definition) is 2. The number of aromatic nitrogens is 1. The molecule has 1 heterocycles. The van der Waals surface area contributed by atoms with Gasteiger partial charge in [-0.3, -0.25) is 0 Å². The number of benzene rings is 2. The summed E-state index contributed by atoms with van der Waals surface area (Å²) < 4.78 is 5.34. The van der Waals surface area contributed by atoms with Gasteiger partial charge in [0.2, 0.25) is 0 Å². The highest BCUT2D eigenvalue weighted by Crippen LogP contribution is 2.26. The van der Waals surface area contributed by atoms with E-state index in [1.165, 1.54) is 16.5 Å². The van der Waals surface area contributed by atoms with Gasteiger partial charge in [-0.1, -0.05) is 32.0 Å². The minimum Gasteiger partial charge on any atom is -0.497 e. The minimum atomic E-state index is 0.498. The van der Waals surface area contributed by atoms with Crippen molar-refractivity contribution in [2.75, 3.05) is 19.0 Å². The number of thiocarbonyl (C=S) groups is 1. The highest BCUT2D eigenvalue weighted by molar-refractivity contribution is 7.80. The van der Waals surface area contributed by atoms with Crippen molar-refractivity contribution < 1.29 is 4.74 Å². The summed E-state index contributed by atoms with van der Waals surface area (Å²) in [5, 5.41) is 8.52. The van der Waals surface area contributed by atoms with E-state index in [0.717, 1.165) is 36.3 Å². The Balaban J connectivity index is 1.59. The lowest BCUT2D eigenvalue weighted by molar-refractivity contribution is 0.415. The standard InChI is InChI=1S/C22H27N3OS/c1-4-15(2)18-7-5-6-8-21(18)25-22(27)23-12-11-16-14-24-20-10-9-17(26-3)13-19(16)20/h5-10,13-15,24H,4,11-12H2,1-3H3,(H2,23,25,27). The first-order valence-corrected chi connectivity index (χ1v) is 9.81. The molecule has 142 valence electrons. The zero-order valence-electron chi connectivity index (χ0n) is 16.1. The van der Waals surface area contributed by atoms with E-state index in [1.54, 1.807) is 7.11 Å². The molecule has 5 heteroatoms. The maximum atomic E-state index is 5.50. The van der Waals surface area contributed by atoms with Crippen LogP contribution in [-0.4, -0.2) is 23.8 Å². The van der Waals surface area contributed by atoms with Gasteiger partial charge in [0.1, 0.15) is 5.75 Å². The maximum absolute atomic E-state index is 5.50. The first-order valence-electron chi connectivity index (χ1n) is 9.40. The van der Waals surface area contributed by atoms with Gasteiger partial charge in [0.05, 0.1) is 7.11 Å². The van der Waals surface area contributed by atoms with E-state index >= 15 is 0 Å². The van der Waals surface area contributed by atoms with Crippen LogP contribution in [0.5, 0.6) is 5.75 Å². The van der Waals surface area contributed by atoms with Crippen LogP contribution in [0.15, 0.2) is 48.7 Å². The molecule has 1 unspecified atom stereocenters.